The molecule has 0 unspecified atom stereocenters. The zero-order valence-electron chi connectivity index (χ0n) is 9.98. The van der Waals surface area contributed by atoms with E-state index < -0.39 is 0 Å². The first kappa shape index (κ1) is 14.1. The highest BCUT2D eigenvalue weighted by atomic mass is 35.5. The second-order valence-corrected chi connectivity index (χ2v) is 5.64. The van der Waals surface area contributed by atoms with Gasteiger partial charge in [0, 0.05) is 14.9 Å². The van der Waals surface area contributed by atoms with E-state index in [2.05, 4.69) is 4.85 Å². The first-order valence-electron chi connectivity index (χ1n) is 5.32. The monoisotopic (exact) mass is 309 g/mol. The first-order chi connectivity index (χ1) is 9.12. The van der Waals surface area contributed by atoms with Crippen LogP contribution in [0.25, 0.3) is 4.85 Å². The summed E-state index contributed by atoms with van der Waals surface area (Å²) in [6.07, 6.45) is 0. The van der Waals surface area contributed by atoms with Crippen LogP contribution in [0.15, 0.2) is 46.2 Å². The van der Waals surface area contributed by atoms with Crippen LogP contribution in [0.3, 0.4) is 0 Å². The van der Waals surface area contributed by atoms with Crippen molar-refractivity contribution in [1.82, 2.24) is 0 Å². The highest BCUT2D eigenvalue weighted by molar-refractivity contribution is 7.99. The Bertz CT molecular complexity index is 652. The van der Waals surface area contributed by atoms with E-state index in [1.54, 1.807) is 31.4 Å². The molecule has 2 aromatic rings. The van der Waals surface area contributed by atoms with E-state index >= 15 is 0 Å². The van der Waals surface area contributed by atoms with Crippen molar-refractivity contribution in [3.63, 3.8) is 0 Å². The summed E-state index contributed by atoms with van der Waals surface area (Å²) in [6, 6.07) is 10.6. The van der Waals surface area contributed by atoms with Crippen molar-refractivity contribution in [2.24, 2.45) is 0 Å². The summed E-state index contributed by atoms with van der Waals surface area (Å²) >= 11 is 13.4. The summed E-state index contributed by atoms with van der Waals surface area (Å²) in [5.74, 6) is 0.735. The maximum Gasteiger partial charge on any atom is 0.189 e. The van der Waals surface area contributed by atoms with Gasteiger partial charge in [-0.25, -0.2) is 4.85 Å². The van der Waals surface area contributed by atoms with Crippen molar-refractivity contribution in [3.8, 4) is 5.75 Å². The van der Waals surface area contributed by atoms with Crippen LogP contribution in [-0.4, -0.2) is 7.11 Å². The Labute approximate surface area is 126 Å². The zero-order chi connectivity index (χ0) is 13.8. The van der Waals surface area contributed by atoms with Gasteiger partial charge < -0.3 is 4.74 Å². The second-order valence-electron chi connectivity index (χ2n) is 3.65. The molecule has 0 radical (unpaired) electrons. The molecule has 0 fully saturated rings. The van der Waals surface area contributed by atoms with Crippen molar-refractivity contribution in [1.29, 1.82) is 0 Å². The van der Waals surface area contributed by atoms with E-state index in [0.29, 0.717) is 15.7 Å². The lowest BCUT2D eigenvalue weighted by Crippen LogP contribution is -1.86. The molecule has 0 amide bonds. The number of benzene rings is 2. The average molecular weight is 310 g/mol. The minimum absolute atomic E-state index is 0.510. The molecule has 2 aromatic carbocycles. The van der Waals surface area contributed by atoms with Crippen LogP contribution in [0.1, 0.15) is 0 Å². The topological polar surface area (TPSA) is 13.6 Å². The van der Waals surface area contributed by atoms with E-state index in [-0.39, 0.29) is 0 Å². The van der Waals surface area contributed by atoms with Gasteiger partial charge in [-0.1, -0.05) is 35.0 Å². The summed E-state index contributed by atoms with van der Waals surface area (Å²) < 4.78 is 5.29. The third-order valence-corrected chi connectivity index (χ3v) is 3.80. The predicted octanol–water partition coefficient (Wildman–Crippen LogP) is 5.70. The fourth-order valence-corrected chi connectivity index (χ4v) is 3.12. The van der Waals surface area contributed by atoms with Crippen molar-refractivity contribution < 1.29 is 4.74 Å². The van der Waals surface area contributed by atoms with E-state index in [1.165, 1.54) is 11.8 Å². The Morgan fingerprint density at radius 1 is 1.11 bits per heavy atom. The lowest BCUT2D eigenvalue weighted by atomic mass is 10.3. The number of hydrogen-bond acceptors (Lipinski definition) is 2. The van der Waals surface area contributed by atoms with E-state index in [0.717, 1.165) is 15.5 Å². The second kappa shape index (κ2) is 6.21. The van der Waals surface area contributed by atoms with Crippen LogP contribution >= 0.6 is 35.0 Å². The van der Waals surface area contributed by atoms with Gasteiger partial charge in [-0.3, -0.25) is 0 Å². The first-order valence-corrected chi connectivity index (χ1v) is 6.89. The van der Waals surface area contributed by atoms with Crippen LogP contribution in [0.2, 0.25) is 10.0 Å². The Hall–Kier alpha value is -1.34. The summed E-state index contributed by atoms with van der Waals surface area (Å²) in [5, 5.41) is 1.17. The highest BCUT2D eigenvalue weighted by Crippen LogP contribution is 2.38. The van der Waals surface area contributed by atoms with Crippen molar-refractivity contribution in [2.45, 2.75) is 9.79 Å². The Balaban J connectivity index is 2.38. The predicted molar refractivity (Wildman–Crippen MR) is 79.8 cm³/mol. The van der Waals surface area contributed by atoms with Gasteiger partial charge in [0.15, 0.2) is 5.69 Å². The van der Waals surface area contributed by atoms with Crippen molar-refractivity contribution in [3.05, 3.63) is 57.9 Å². The summed E-state index contributed by atoms with van der Waals surface area (Å²) in [7, 11) is 1.61. The minimum atomic E-state index is 0.510. The van der Waals surface area contributed by atoms with Gasteiger partial charge in [0.25, 0.3) is 0 Å². The number of hydrogen-bond donors (Lipinski definition) is 0. The third kappa shape index (κ3) is 3.57. The number of nitrogens with zero attached hydrogens (tertiary/aromatic N) is 1. The lowest BCUT2D eigenvalue weighted by Gasteiger charge is -2.09. The molecule has 96 valence electrons. The smallest absolute Gasteiger partial charge is 0.189 e. The molecule has 19 heavy (non-hydrogen) atoms. The molecular formula is C14H9Cl2NOS. The van der Waals surface area contributed by atoms with Crippen molar-refractivity contribution >= 4 is 40.7 Å². The fourth-order valence-electron chi connectivity index (χ4n) is 1.53. The van der Waals surface area contributed by atoms with Crippen LogP contribution in [0.5, 0.6) is 5.75 Å². The van der Waals surface area contributed by atoms with Crippen LogP contribution in [0, 0.1) is 6.57 Å². The van der Waals surface area contributed by atoms with Gasteiger partial charge in [-0.05, 0) is 36.4 Å². The van der Waals surface area contributed by atoms with Gasteiger partial charge in [-0.2, -0.15) is 0 Å². The molecular weight excluding hydrogens is 301 g/mol. The molecule has 0 spiro atoms. The number of ether oxygens (including phenoxy) is 1. The fraction of sp³-hybridized carbons (Fsp3) is 0.0714. The van der Waals surface area contributed by atoms with Gasteiger partial charge in [0.2, 0.25) is 0 Å². The van der Waals surface area contributed by atoms with Gasteiger partial charge in [0.05, 0.1) is 18.6 Å². The molecule has 0 heterocycles. The van der Waals surface area contributed by atoms with Crippen molar-refractivity contribution in [2.75, 3.05) is 7.11 Å². The zero-order valence-corrected chi connectivity index (χ0v) is 12.3. The Morgan fingerprint density at radius 2 is 1.89 bits per heavy atom. The van der Waals surface area contributed by atoms with Crippen LogP contribution < -0.4 is 4.74 Å². The molecule has 5 heteroatoms. The van der Waals surface area contributed by atoms with Gasteiger partial charge >= 0.3 is 0 Å². The molecule has 2 nitrogen and oxygen atoms in total. The molecule has 0 N–H and O–H groups in total. The summed E-state index contributed by atoms with van der Waals surface area (Å²) in [6.45, 7) is 7.04. The molecule has 0 aliphatic heterocycles. The van der Waals surface area contributed by atoms with Gasteiger partial charge in [0.1, 0.15) is 5.75 Å². The average Bonchev–Trinajstić information content (AvgIpc) is 2.38. The molecule has 0 atom stereocenters. The molecule has 0 aliphatic rings. The van der Waals surface area contributed by atoms with E-state index in [4.69, 9.17) is 34.5 Å². The standard InChI is InChI=1S/C14H9Cl2NOS/c1-17-11-5-10(16)6-12(8-11)19-14-7-9(15)3-4-13(14)18-2/h3-8H,2H3. The maximum absolute atomic E-state index is 7.04. The van der Waals surface area contributed by atoms with E-state index in [9.17, 15) is 0 Å². The molecule has 0 aliphatic carbocycles. The number of halogens is 2. The molecule has 2 rings (SSSR count). The number of methoxy groups -OCH3 is 1. The number of rotatable bonds is 3. The largest absolute Gasteiger partial charge is 0.496 e. The SMILES string of the molecule is [C-]#[N+]c1cc(Cl)cc(Sc2cc(Cl)ccc2OC)c1. The quantitative estimate of drug-likeness (QED) is 0.674. The molecule has 0 saturated heterocycles. The molecule has 0 saturated carbocycles. The van der Waals surface area contributed by atoms with E-state index in [1.807, 2.05) is 12.1 Å². The third-order valence-electron chi connectivity index (χ3n) is 2.34. The molecule has 0 bridgehead atoms. The summed E-state index contributed by atoms with van der Waals surface area (Å²) in [5.41, 5.74) is 0.510. The highest BCUT2D eigenvalue weighted by Gasteiger charge is 2.07. The molecule has 0 aromatic heterocycles. The summed E-state index contributed by atoms with van der Waals surface area (Å²) in [4.78, 5) is 5.15. The maximum atomic E-state index is 7.04. The Kier molecular flexibility index (Phi) is 4.60. The Morgan fingerprint density at radius 3 is 2.58 bits per heavy atom. The normalized spacial score (nSPS) is 10.0. The van der Waals surface area contributed by atoms with Crippen LogP contribution in [0.4, 0.5) is 5.69 Å². The minimum Gasteiger partial charge on any atom is -0.496 e. The lowest BCUT2D eigenvalue weighted by molar-refractivity contribution is 0.405. The van der Waals surface area contributed by atoms with Gasteiger partial charge in [-0.15, -0.1) is 0 Å². The van der Waals surface area contributed by atoms with Crippen LogP contribution in [-0.2, 0) is 0 Å².